The van der Waals surface area contributed by atoms with E-state index in [0.29, 0.717) is 35.4 Å². The van der Waals surface area contributed by atoms with E-state index in [1.54, 1.807) is 12.1 Å². The summed E-state index contributed by atoms with van der Waals surface area (Å²) in [5.74, 6) is -0.559. The third-order valence-corrected chi connectivity index (χ3v) is 5.36. The zero-order valence-corrected chi connectivity index (χ0v) is 16.7. The van der Waals surface area contributed by atoms with Crippen LogP contribution in [-0.2, 0) is 4.74 Å². The van der Waals surface area contributed by atoms with Gasteiger partial charge in [-0.3, -0.25) is 0 Å². The van der Waals surface area contributed by atoms with Crippen molar-refractivity contribution in [1.29, 1.82) is 0 Å². The molecule has 2 aromatic heterocycles. The zero-order chi connectivity index (χ0) is 21.3. The number of pyridine rings is 2. The molecule has 0 amide bonds. The van der Waals surface area contributed by atoms with Gasteiger partial charge in [-0.15, -0.1) is 0 Å². The summed E-state index contributed by atoms with van der Waals surface area (Å²) >= 11 is 5.81. The summed E-state index contributed by atoms with van der Waals surface area (Å²) in [5.41, 5.74) is 1.25. The highest BCUT2D eigenvalue weighted by Gasteiger charge is 2.25. The van der Waals surface area contributed by atoms with Crippen LogP contribution in [-0.4, -0.2) is 40.4 Å². The lowest BCUT2D eigenvalue weighted by molar-refractivity contribution is -0.0237. The van der Waals surface area contributed by atoms with Crippen LogP contribution in [0.3, 0.4) is 0 Å². The molecule has 0 saturated carbocycles. The zero-order valence-electron chi connectivity index (χ0n) is 16.0. The van der Waals surface area contributed by atoms with E-state index < -0.39 is 18.1 Å². The minimum atomic E-state index is -1.57. The molecule has 3 atom stereocenters. The van der Waals surface area contributed by atoms with Gasteiger partial charge in [-0.2, -0.15) is 0 Å². The molecule has 156 valence electrons. The van der Waals surface area contributed by atoms with Gasteiger partial charge in [0.1, 0.15) is 16.5 Å². The highest BCUT2D eigenvalue weighted by atomic mass is 35.5. The molecular formula is C22H20ClF2N3O2. The molecule has 1 aromatic carbocycles. The van der Waals surface area contributed by atoms with E-state index >= 15 is 4.39 Å². The number of benzene rings is 1. The Morgan fingerprint density at radius 1 is 1.33 bits per heavy atom. The van der Waals surface area contributed by atoms with Crippen LogP contribution in [0.5, 0.6) is 0 Å². The van der Waals surface area contributed by atoms with Gasteiger partial charge >= 0.3 is 0 Å². The SMILES string of the molecule is C=C(N[C@H]1CCOC[C@@H]1O)c1cc(C(F)c2ccc(Cl)nc2)c2cccc(F)c2n1. The Morgan fingerprint density at radius 3 is 2.90 bits per heavy atom. The molecule has 2 N–H and O–H groups in total. The van der Waals surface area contributed by atoms with Crippen molar-refractivity contribution >= 4 is 28.2 Å². The number of nitrogens with one attached hydrogen (secondary N) is 1. The smallest absolute Gasteiger partial charge is 0.152 e. The van der Waals surface area contributed by atoms with Crippen LogP contribution in [0.4, 0.5) is 8.78 Å². The maximum atomic E-state index is 15.5. The normalized spacial score (nSPS) is 20.1. The topological polar surface area (TPSA) is 67.3 Å². The maximum Gasteiger partial charge on any atom is 0.152 e. The summed E-state index contributed by atoms with van der Waals surface area (Å²) in [6.45, 7) is 4.69. The number of fused-ring (bicyclic) bond motifs is 1. The average molecular weight is 432 g/mol. The van der Waals surface area contributed by atoms with Gasteiger partial charge in [0.25, 0.3) is 0 Å². The van der Waals surface area contributed by atoms with Crippen molar-refractivity contribution in [3.8, 4) is 0 Å². The monoisotopic (exact) mass is 431 g/mol. The molecule has 1 aliphatic heterocycles. The fourth-order valence-electron chi connectivity index (χ4n) is 3.51. The second-order valence-electron chi connectivity index (χ2n) is 7.17. The standard InChI is InChI=1S/C22H20ClF2N3O2/c1-12(27-17-7-8-30-11-19(17)29)18-9-15(14-3-2-4-16(24)22(14)28-18)21(25)13-5-6-20(23)26-10-13/h2-6,9-10,17,19,21,27,29H,1,7-8,11H2/t17-,19-,21?/m0/s1. The van der Waals surface area contributed by atoms with Gasteiger partial charge in [-0.05, 0) is 24.6 Å². The Labute approximate surface area is 177 Å². The highest BCUT2D eigenvalue weighted by Crippen LogP contribution is 2.34. The van der Waals surface area contributed by atoms with Gasteiger partial charge in [0.2, 0.25) is 0 Å². The quantitative estimate of drug-likeness (QED) is 0.593. The first-order valence-electron chi connectivity index (χ1n) is 9.50. The highest BCUT2D eigenvalue weighted by molar-refractivity contribution is 6.29. The predicted octanol–water partition coefficient (Wildman–Crippen LogP) is 4.19. The number of para-hydroxylation sites is 1. The largest absolute Gasteiger partial charge is 0.389 e. The van der Waals surface area contributed by atoms with Crippen molar-refractivity contribution in [2.24, 2.45) is 0 Å². The van der Waals surface area contributed by atoms with Gasteiger partial charge in [0, 0.05) is 29.3 Å². The first-order valence-corrected chi connectivity index (χ1v) is 9.88. The second-order valence-corrected chi connectivity index (χ2v) is 7.56. The number of hydrogen-bond acceptors (Lipinski definition) is 5. The molecule has 4 rings (SSSR count). The first-order chi connectivity index (χ1) is 14.4. The van der Waals surface area contributed by atoms with Crippen molar-refractivity contribution in [1.82, 2.24) is 15.3 Å². The van der Waals surface area contributed by atoms with Crippen LogP contribution in [0.2, 0.25) is 5.15 Å². The number of aliphatic hydroxyl groups excluding tert-OH is 1. The third kappa shape index (κ3) is 4.14. The van der Waals surface area contributed by atoms with Crippen LogP contribution >= 0.6 is 11.6 Å². The van der Waals surface area contributed by atoms with E-state index in [-0.39, 0.29) is 28.9 Å². The molecule has 0 bridgehead atoms. The Bertz CT molecular complexity index is 1080. The molecule has 0 spiro atoms. The average Bonchev–Trinajstić information content (AvgIpc) is 2.75. The van der Waals surface area contributed by atoms with Gasteiger partial charge in [0.05, 0.1) is 30.1 Å². The van der Waals surface area contributed by atoms with Gasteiger partial charge < -0.3 is 15.2 Å². The number of hydrogen-bond donors (Lipinski definition) is 2. The molecule has 1 saturated heterocycles. The van der Waals surface area contributed by atoms with Crippen LogP contribution in [0.15, 0.2) is 49.2 Å². The summed E-state index contributed by atoms with van der Waals surface area (Å²) in [5, 5.41) is 13.8. The number of aliphatic hydroxyl groups is 1. The predicted molar refractivity (Wildman–Crippen MR) is 111 cm³/mol. The van der Waals surface area contributed by atoms with E-state index in [9.17, 15) is 9.50 Å². The van der Waals surface area contributed by atoms with E-state index in [1.165, 1.54) is 30.5 Å². The van der Waals surface area contributed by atoms with E-state index in [1.807, 2.05) is 0 Å². The maximum absolute atomic E-state index is 15.5. The lowest BCUT2D eigenvalue weighted by atomic mass is 9.98. The Morgan fingerprint density at radius 2 is 2.17 bits per heavy atom. The van der Waals surface area contributed by atoms with E-state index in [2.05, 4.69) is 21.9 Å². The van der Waals surface area contributed by atoms with Gasteiger partial charge in [-0.1, -0.05) is 36.4 Å². The molecular weight excluding hydrogens is 412 g/mol. The molecule has 1 unspecified atom stereocenters. The van der Waals surface area contributed by atoms with Gasteiger partial charge in [0.15, 0.2) is 6.17 Å². The summed E-state index contributed by atoms with van der Waals surface area (Å²) < 4.78 is 35.2. The minimum absolute atomic E-state index is 0.0463. The Hall–Kier alpha value is -2.61. The number of nitrogens with zero attached hydrogens (tertiary/aromatic N) is 2. The van der Waals surface area contributed by atoms with Crippen molar-refractivity contribution in [2.45, 2.75) is 24.7 Å². The summed E-state index contributed by atoms with van der Waals surface area (Å²) in [6.07, 6.45) is -0.343. The van der Waals surface area contributed by atoms with Crippen molar-refractivity contribution < 1.29 is 18.6 Å². The van der Waals surface area contributed by atoms with Crippen molar-refractivity contribution in [3.05, 3.63) is 77.0 Å². The van der Waals surface area contributed by atoms with Crippen LogP contribution in [0, 0.1) is 5.82 Å². The fourth-order valence-corrected chi connectivity index (χ4v) is 3.62. The van der Waals surface area contributed by atoms with Crippen LogP contribution in [0.1, 0.15) is 29.4 Å². The summed E-state index contributed by atoms with van der Waals surface area (Å²) in [6, 6.07) is 8.72. The number of ether oxygens (including phenoxy) is 1. The molecule has 3 aromatic rings. The lowest BCUT2D eigenvalue weighted by Gasteiger charge is -2.30. The summed E-state index contributed by atoms with van der Waals surface area (Å²) in [4.78, 5) is 8.30. The molecule has 1 aliphatic rings. The molecule has 5 nitrogen and oxygen atoms in total. The molecule has 8 heteroatoms. The van der Waals surface area contributed by atoms with Crippen LogP contribution < -0.4 is 5.32 Å². The van der Waals surface area contributed by atoms with Crippen LogP contribution in [0.25, 0.3) is 16.6 Å². The number of halogens is 3. The second kappa shape index (κ2) is 8.63. The van der Waals surface area contributed by atoms with Crippen molar-refractivity contribution in [2.75, 3.05) is 13.2 Å². The molecule has 0 aliphatic carbocycles. The first kappa shape index (κ1) is 20.7. The Kier molecular flexibility index (Phi) is 5.94. The minimum Gasteiger partial charge on any atom is -0.389 e. The van der Waals surface area contributed by atoms with E-state index in [4.69, 9.17) is 16.3 Å². The summed E-state index contributed by atoms with van der Waals surface area (Å²) in [7, 11) is 0. The van der Waals surface area contributed by atoms with E-state index in [0.717, 1.165) is 0 Å². The van der Waals surface area contributed by atoms with Gasteiger partial charge in [-0.25, -0.2) is 18.7 Å². The number of rotatable bonds is 5. The fraction of sp³-hybridized carbons (Fsp3) is 0.273. The third-order valence-electron chi connectivity index (χ3n) is 5.13. The number of alkyl halides is 1. The molecule has 30 heavy (non-hydrogen) atoms. The lowest BCUT2D eigenvalue weighted by Crippen LogP contribution is -2.45. The Balaban J connectivity index is 1.75. The molecule has 3 heterocycles. The number of aromatic nitrogens is 2. The molecule has 1 fully saturated rings. The molecule has 0 radical (unpaired) electrons. The van der Waals surface area contributed by atoms with Crippen molar-refractivity contribution in [3.63, 3.8) is 0 Å².